The SMILES string of the molecule is CCC.CNc1c(C)c(-c2cnc(CO)nc2)nn1-c1ccccc1.NC=O. The van der Waals surface area contributed by atoms with E-state index in [0.717, 1.165) is 28.3 Å². The summed E-state index contributed by atoms with van der Waals surface area (Å²) in [6.07, 6.45) is 4.87. The normalized spacial score (nSPS) is 9.46. The minimum atomic E-state index is -0.167. The molecule has 4 N–H and O–H groups in total. The molecule has 0 fully saturated rings. The van der Waals surface area contributed by atoms with E-state index in [0.29, 0.717) is 5.82 Å². The van der Waals surface area contributed by atoms with Crippen LogP contribution in [0, 0.1) is 6.92 Å². The zero-order valence-electron chi connectivity index (χ0n) is 16.8. The van der Waals surface area contributed by atoms with Crippen LogP contribution in [0.1, 0.15) is 31.7 Å². The van der Waals surface area contributed by atoms with E-state index >= 15 is 0 Å². The number of hydrogen-bond acceptors (Lipinski definition) is 6. The molecule has 0 spiro atoms. The lowest BCUT2D eigenvalue weighted by Gasteiger charge is -2.06. The van der Waals surface area contributed by atoms with Crippen LogP contribution >= 0.6 is 0 Å². The van der Waals surface area contributed by atoms with Crippen molar-refractivity contribution in [3.8, 4) is 16.9 Å². The lowest BCUT2D eigenvalue weighted by atomic mass is 10.1. The van der Waals surface area contributed by atoms with Crippen LogP contribution in [0.4, 0.5) is 5.82 Å². The lowest BCUT2D eigenvalue weighted by molar-refractivity contribution is -0.106. The summed E-state index contributed by atoms with van der Waals surface area (Å²) in [7, 11) is 1.87. The third-order valence-corrected chi connectivity index (χ3v) is 3.48. The van der Waals surface area contributed by atoms with Crippen molar-refractivity contribution in [1.82, 2.24) is 19.7 Å². The third kappa shape index (κ3) is 5.88. The summed E-state index contributed by atoms with van der Waals surface area (Å²) in [5, 5.41) is 16.9. The standard InChI is InChI=1S/C16H17N5O.C3H8.CH3NO/c1-11-15(12-8-18-14(10-22)19-9-12)20-21(16(11)17-2)13-6-4-3-5-7-13;1-3-2;2-1-3/h3-9,17,22H,10H2,1-2H3;3H2,1-2H3;1H,(H2,2,3). The lowest BCUT2D eigenvalue weighted by Crippen LogP contribution is -2.02. The molecule has 0 saturated heterocycles. The van der Waals surface area contributed by atoms with Gasteiger partial charge in [0, 0.05) is 30.6 Å². The van der Waals surface area contributed by atoms with Gasteiger partial charge < -0.3 is 16.2 Å². The van der Waals surface area contributed by atoms with Crippen LogP contribution < -0.4 is 11.1 Å². The largest absolute Gasteiger partial charge is 0.388 e. The molecule has 0 aliphatic rings. The van der Waals surface area contributed by atoms with E-state index in [2.05, 4.69) is 40.0 Å². The molecule has 0 radical (unpaired) electrons. The van der Waals surface area contributed by atoms with Crippen molar-refractivity contribution in [2.45, 2.75) is 33.8 Å². The van der Waals surface area contributed by atoms with Gasteiger partial charge in [-0.05, 0) is 19.1 Å². The highest BCUT2D eigenvalue weighted by Crippen LogP contribution is 2.29. The second kappa shape index (κ2) is 12.2. The Morgan fingerprint density at radius 2 is 1.71 bits per heavy atom. The number of aromatic nitrogens is 4. The fourth-order valence-electron chi connectivity index (χ4n) is 2.38. The maximum Gasteiger partial charge on any atom is 0.204 e. The van der Waals surface area contributed by atoms with Crippen LogP contribution in [0.2, 0.25) is 0 Å². The molecule has 0 unspecified atom stereocenters. The van der Waals surface area contributed by atoms with Crippen molar-refractivity contribution in [3.05, 3.63) is 54.1 Å². The van der Waals surface area contributed by atoms with Crippen molar-refractivity contribution in [2.24, 2.45) is 5.73 Å². The number of primary amides is 1. The zero-order valence-corrected chi connectivity index (χ0v) is 16.8. The number of rotatable bonds is 4. The minimum absolute atomic E-state index is 0.167. The average Bonchev–Trinajstić information content (AvgIpc) is 3.06. The highest BCUT2D eigenvalue weighted by atomic mass is 16.3. The summed E-state index contributed by atoms with van der Waals surface area (Å²) >= 11 is 0. The summed E-state index contributed by atoms with van der Waals surface area (Å²) in [5.74, 6) is 1.32. The smallest absolute Gasteiger partial charge is 0.204 e. The summed E-state index contributed by atoms with van der Waals surface area (Å²) in [6.45, 7) is 6.09. The molecular weight excluding hydrogens is 356 g/mol. The van der Waals surface area contributed by atoms with Crippen molar-refractivity contribution in [2.75, 3.05) is 12.4 Å². The Hall–Kier alpha value is -3.26. The van der Waals surface area contributed by atoms with E-state index in [1.807, 2.05) is 49.0 Å². The van der Waals surface area contributed by atoms with Gasteiger partial charge in [-0.1, -0.05) is 38.5 Å². The molecule has 28 heavy (non-hydrogen) atoms. The van der Waals surface area contributed by atoms with Gasteiger partial charge in [0.2, 0.25) is 6.41 Å². The Labute approximate surface area is 165 Å². The van der Waals surface area contributed by atoms with E-state index < -0.39 is 0 Å². The van der Waals surface area contributed by atoms with Gasteiger partial charge >= 0.3 is 0 Å². The summed E-state index contributed by atoms with van der Waals surface area (Å²) in [5.41, 5.74) is 7.80. The molecule has 0 atom stereocenters. The number of amides is 1. The number of anilines is 1. The first kappa shape index (κ1) is 22.8. The molecule has 0 aliphatic heterocycles. The summed E-state index contributed by atoms with van der Waals surface area (Å²) in [4.78, 5) is 16.8. The predicted octanol–water partition coefficient (Wildman–Crippen LogP) is 2.69. The molecule has 3 aromatic rings. The molecule has 1 amide bonds. The topological polar surface area (TPSA) is 119 Å². The van der Waals surface area contributed by atoms with Crippen molar-refractivity contribution >= 4 is 12.2 Å². The van der Waals surface area contributed by atoms with E-state index in [1.165, 1.54) is 6.42 Å². The second-order valence-corrected chi connectivity index (χ2v) is 5.71. The quantitative estimate of drug-likeness (QED) is 0.595. The van der Waals surface area contributed by atoms with E-state index in [1.54, 1.807) is 12.4 Å². The van der Waals surface area contributed by atoms with Crippen LogP contribution in [-0.4, -0.2) is 38.3 Å². The first-order valence-corrected chi connectivity index (χ1v) is 8.98. The number of para-hydroxylation sites is 1. The second-order valence-electron chi connectivity index (χ2n) is 5.71. The number of hydrogen-bond donors (Lipinski definition) is 3. The van der Waals surface area contributed by atoms with Crippen molar-refractivity contribution in [1.29, 1.82) is 0 Å². The molecule has 0 saturated carbocycles. The predicted molar refractivity (Wildman–Crippen MR) is 111 cm³/mol. The number of nitrogens with two attached hydrogens (primary N) is 1. The molecule has 2 aromatic heterocycles. The molecule has 0 aliphatic carbocycles. The number of nitrogens with one attached hydrogen (secondary N) is 1. The number of nitrogens with zero attached hydrogens (tertiary/aromatic N) is 4. The van der Waals surface area contributed by atoms with Gasteiger partial charge in [-0.15, -0.1) is 0 Å². The molecule has 3 rings (SSSR count). The van der Waals surface area contributed by atoms with Crippen LogP contribution in [0.25, 0.3) is 16.9 Å². The molecule has 8 nitrogen and oxygen atoms in total. The molecule has 150 valence electrons. The first-order chi connectivity index (χ1) is 13.6. The van der Waals surface area contributed by atoms with Crippen molar-refractivity contribution in [3.63, 3.8) is 0 Å². The van der Waals surface area contributed by atoms with E-state index in [-0.39, 0.29) is 13.0 Å². The van der Waals surface area contributed by atoms with E-state index in [9.17, 15) is 0 Å². The maximum atomic E-state index is 9.03. The molecule has 0 bridgehead atoms. The van der Waals surface area contributed by atoms with Gasteiger partial charge in [0.05, 0.1) is 5.69 Å². The maximum absolute atomic E-state index is 9.03. The fourth-order valence-corrected chi connectivity index (χ4v) is 2.38. The number of carbonyl (C=O) groups excluding carboxylic acids is 1. The van der Waals surface area contributed by atoms with Gasteiger partial charge in [-0.3, -0.25) is 4.79 Å². The number of benzene rings is 1. The zero-order chi connectivity index (χ0) is 20.9. The Morgan fingerprint density at radius 1 is 1.18 bits per heavy atom. The van der Waals surface area contributed by atoms with Gasteiger partial charge in [-0.25, -0.2) is 14.6 Å². The number of carbonyl (C=O) groups is 1. The van der Waals surface area contributed by atoms with Crippen LogP contribution in [0.5, 0.6) is 0 Å². The Bertz CT molecular complexity index is 832. The molecule has 8 heteroatoms. The van der Waals surface area contributed by atoms with Crippen LogP contribution in [-0.2, 0) is 11.4 Å². The van der Waals surface area contributed by atoms with Crippen LogP contribution in [0.3, 0.4) is 0 Å². The average molecular weight is 384 g/mol. The van der Waals surface area contributed by atoms with E-state index in [4.69, 9.17) is 9.90 Å². The van der Waals surface area contributed by atoms with Gasteiger partial charge in [0.15, 0.2) is 5.82 Å². The monoisotopic (exact) mass is 384 g/mol. The van der Waals surface area contributed by atoms with Gasteiger partial charge in [-0.2, -0.15) is 5.10 Å². The highest BCUT2D eigenvalue weighted by molar-refractivity contribution is 5.69. The summed E-state index contributed by atoms with van der Waals surface area (Å²) < 4.78 is 1.87. The summed E-state index contributed by atoms with van der Waals surface area (Å²) in [6, 6.07) is 9.93. The Morgan fingerprint density at radius 3 is 2.18 bits per heavy atom. The molecule has 2 heterocycles. The minimum Gasteiger partial charge on any atom is -0.388 e. The van der Waals surface area contributed by atoms with Gasteiger partial charge in [0.1, 0.15) is 18.1 Å². The van der Waals surface area contributed by atoms with Crippen molar-refractivity contribution < 1.29 is 9.90 Å². The fraction of sp³-hybridized carbons (Fsp3) is 0.300. The molecule has 1 aromatic carbocycles. The Balaban J connectivity index is 0.000000582. The van der Waals surface area contributed by atoms with Crippen LogP contribution in [0.15, 0.2) is 42.7 Å². The third-order valence-electron chi connectivity index (χ3n) is 3.48. The number of aliphatic hydroxyl groups is 1. The Kier molecular flexibility index (Phi) is 9.91. The van der Waals surface area contributed by atoms with Gasteiger partial charge in [0.25, 0.3) is 0 Å². The highest BCUT2D eigenvalue weighted by Gasteiger charge is 2.16. The number of aliphatic hydroxyl groups excluding tert-OH is 1. The first-order valence-electron chi connectivity index (χ1n) is 8.98. The molecular formula is C20H28N6O2.